The van der Waals surface area contributed by atoms with Gasteiger partial charge in [-0.25, -0.2) is 0 Å². The van der Waals surface area contributed by atoms with Crippen molar-refractivity contribution in [2.75, 3.05) is 13.6 Å². The molecule has 1 aliphatic carbocycles. The lowest BCUT2D eigenvalue weighted by atomic mass is 9.71. The fourth-order valence-corrected chi connectivity index (χ4v) is 2.48. The molecule has 20 heavy (non-hydrogen) atoms. The minimum atomic E-state index is -4.37. The van der Waals surface area contributed by atoms with Crippen molar-refractivity contribution in [3.8, 4) is 0 Å². The van der Waals surface area contributed by atoms with E-state index in [4.69, 9.17) is 0 Å². The van der Waals surface area contributed by atoms with Gasteiger partial charge in [-0.1, -0.05) is 12.1 Å². The molecule has 0 bridgehead atoms. The van der Waals surface area contributed by atoms with Gasteiger partial charge < -0.3 is 10.6 Å². The molecule has 3 nitrogen and oxygen atoms in total. The highest BCUT2D eigenvalue weighted by Gasteiger charge is 2.41. The molecule has 0 aliphatic heterocycles. The van der Waals surface area contributed by atoms with Crippen LogP contribution in [0.1, 0.15) is 30.4 Å². The summed E-state index contributed by atoms with van der Waals surface area (Å²) in [5, 5.41) is 5.59. The summed E-state index contributed by atoms with van der Waals surface area (Å²) in [5.41, 5.74) is -0.790. The number of carbonyl (C=O) groups excluding carboxylic acids is 1. The Hall–Kier alpha value is -1.56. The number of hydrogen-bond donors (Lipinski definition) is 2. The second-order valence-electron chi connectivity index (χ2n) is 5.09. The van der Waals surface area contributed by atoms with Crippen LogP contribution in [0.4, 0.5) is 13.2 Å². The first kappa shape index (κ1) is 14.8. The SMILES string of the molecule is CNCC(=O)NC1(c2cccc(C(F)(F)F)c2)CCC1. The molecule has 0 radical (unpaired) electrons. The second-order valence-corrected chi connectivity index (χ2v) is 5.09. The van der Waals surface area contributed by atoms with Gasteiger partial charge in [-0.05, 0) is 44.0 Å². The number of amides is 1. The largest absolute Gasteiger partial charge is 0.416 e. The zero-order valence-corrected chi connectivity index (χ0v) is 11.2. The van der Waals surface area contributed by atoms with Crippen LogP contribution in [-0.4, -0.2) is 19.5 Å². The highest BCUT2D eigenvalue weighted by atomic mass is 19.4. The van der Waals surface area contributed by atoms with E-state index in [1.165, 1.54) is 6.07 Å². The van der Waals surface area contributed by atoms with Crippen LogP contribution in [0, 0.1) is 0 Å². The number of halogens is 3. The third-order valence-corrected chi connectivity index (χ3v) is 3.67. The fraction of sp³-hybridized carbons (Fsp3) is 0.500. The lowest BCUT2D eigenvalue weighted by molar-refractivity contribution is -0.137. The number of nitrogens with one attached hydrogen (secondary N) is 2. The molecule has 110 valence electrons. The second kappa shape index (κ2) is 5.44. The number of alkyl halides is 3. The van der Waals surface area contributed by atoms with Gasteiger partial charge in [-0.2, -0.15) is 13.2 Å². The Morgan fingerprint density at radius 2 is 2.05 bits per heavy atom. The molecule has 1 aromatic carbocycles. The van der Waals surface area contributed by atoms with Crippen LogP contribution in [0.2, 0.25) is 0 Å². The number of carbonyl (C=O) groups is 1. The maximum Gasteiger partial charge on any atom is 0.416 e. The van der Waals surface area contributed by atoms with Crippen LogP contribution < -0.4 is 10.6 Å². The molecule has 1 aromatic rings. The van der Waals surface area contributed by atoms with E-state index in [1.807, 2.05) is 0 Å². The minimum absolute atomic E-state index is 0.153. The van der Waals surface area contributed by atoms with Crippen molar-refractivity contribution in [2.24, 2.45) is 0 Å². The number of likely N-dealkylation sites (N-methyl/N-ethyl adjacent to an activating group) is 1. The summed E-state index contributed by atoms with van der Waals surface area (Å²) in [5.74, 6) is -0.204. The molecule has 1 saturated carbocycles. The van der Waals surface area contributed by atoms with Crippen LogP contribution in [0.5, 0.6) is 0 Å². The van der Waals surface area contributed by atoms with Gasteiger partial charge >= 0.3 is 6.18 Å². The molecule has 0 heterocycles. The Kier molecular flexibility index (Phi) is 4.04. The van der Waals surface area contributed by atoms with Gasteiger partial charge in [0.2, 0.25) is 5.91 Å². The van der Waals surface area contributed by atoms with Crippen molar-refractivity contribution in [2.45, 2.75) is 31.0 Å². The lowest BCUT2D eigenvalue weighted by Crippen LogP contribution is -2.52. The van der Waals surface area contributed by atoms with Crippen LogP contribution in [-0.2, 0) is 16.5 Å². The van der Waals surface area contributed by atoms with Crippen molar-refractivity contribution in [3.63, 3.8) is 0 Å². The molecule has 0 aromatic heterocycles. The number of hydrogen-bond acceptors (Lipinski definition) is 2. The molecule has 0 saturated heterocycles. The Bertz CT molecular complexity index is 495. The highest BCUT2D eigenvalue weighted by molar-refractivity contribution is 5.79. The quantitative estimate of drug-likeness (QED) is 0.892. The van der Waals surface area contributed by atoms with Gasteiger partial charge in [-0.3, -0.25) is 4.79 Å². The summed E-state index contributed by atoms with van der Waals surface area (Å²) in [6, 6.07) is 5.22. The molecule has 1 amide bonds. The lowest BCUT2D eigenvalue weighted by Gasteiger charge is -2.43. The van der Waals surface area contributed by atoms with Crippen LogP contribution in [0.15, 0.2) is 24.3 Å². The Morgan fingerprint density at radius 1 is 1.35 bits per heavy atom. The van der Waals surface area contributed by atoms with Gasteiger partial charge in [0.15, 0.2) is 0 Å². The maximum atomic E-state index is 12.8. The van der Waals surface area contributed by atoms with Gasteiger partial charge in [-0.15, -0.1) is 0 Å². The summed E-state index contributed by atoms with van der Waals surface area (Å²) in [4.78, 5) is 11.7. The van der Waals surface area contributed by atoms with E-state index in [0.29, 0.717) is 18.4 Å². The first-order valence-corrected chi connectivity index (χ1v) is 6.51. The molecule has 0 atom stereocenters. The van der Waals surface area contributed by atoms with Crippen molar-refractivity contribution >= 4 is 5.91 Å². The van der Waals surface area contributed by atoms with E-state index in [-0.39, 0.29) is 12.5 Å². The maximum absolute atomic E-state index is 12.8. The van der Waals surface area contributed by atoms with Crippen molar-refractivity contribution in [1.82, 2.24) is 10.6 Å². The molecule has 1 aliphatic rings. The Labute approximate surface area is 115 Å². The zero-order chi connectivity index (χ0) is 14.8. The van der Waals surface area contributed by atoms with Crippen molar-refractivity contribution in [1.29, 1.82) is 0 Å². The van der Waals surface area contributed by atoms with Crippen LogP contribution in [0.25, 0.3) is 0 Å². The average Bonchev–Trinajstić information content (AvgIpc) is 2.33. The van der Waals surface area contributed by atoms with E-state index in [0.717, 1.165) is 18.6 Å². The summed E-state index contributed by atoms with van der Waals surface area (Å²) in [6.07, 6.45) is -2.13. The predicted octanol–water partition coefficient (Wildman–Crippen LogP) is 2.42. The topological polar surface area (TPSA) is 41.1 Å². The fourth-order valence-electron chi connectivity index (χ4n) is 2.48. The summed E-state index contributed by atoms with van der Waals surface area (Å²) in [6.45, 7) is 0.153. The first-order chi connectivity index (χ1) is 9.37. The zero-order valence-electron chi connectivity index (χ0n) is 11.2. The standard InChI is InChI=1S/C14H17F3N2O/c1-18-9-12(20)19-13(6-3-7-13)10-4-2-5-11(8-10)14(15,16)17/h2,4-5,8,18H,3,6-7,9H2,1H3,(H,19,20). The smallest absolute Gasteiger partial charge is 0.345 e. The molecule has 0 unspecified atom stereocenters. The van der Waals surface area contributed by atoms with Crippen molar-refractivity contribution < 1.29 is 18.0 Å². The molecular formula is C14H17F3N2O. The molecule has 0 spiro atoms. The number of rotatable bonds is 4. The summed E-state index contributed by atoms with van der Waals surface area (Å²) in [7, 11) is 1.65. The van der Waals surface area contributed by atoms with Crippen LogP contribution >= 0.6 is 0 Å². The molecule has 1 fully saturated rings. The molecule has 2 N–H and O–H groups in total. The van der Waals surface area contributed by atoms with E-state index in [2.05, 4.69) is 10.6 Å². The Morgan fingerprint density at radius 3 is 2.55 bits per heavy atom. The third-order valence-electron chi connectivity index (χ3n) is 3.67. The number of benzene rings is 1. The molecular weight excluding hydrogens is 269 g/mol. The van der Waals surface area contributed by atoms with Gasteiger partial charge in [0.1, 0.15) is 0 Å². The highest BCUT2D eigenvalue weighted by Crippen LogP contribution is 2.42. The molecule has 2 rings (SSSR count). The third kappa shape index (κ3) is 2.95. The normalized spacial score (nSPS) is 17.4. The van der Waals surface area contributed by atoms with E-state index >= 15 is 0 Å². The predicted molar refractivity (Wildman–Crippen MR) is 69.0 cm³/mol. The van der Waals surface area contributed by atoms with E-state index in [9.17, 15) is 18.0 Å². The average molecular weight is 286 g/mol. The van der Waals surface area contributed by atoms with E-state index in [1.54, 1.807) is 13.1 Å². The van der Waals surface area contributed by atoms with Gasteiger partial charge in [0.25, 0.3) is 0 Å². The van der Waals surface area contributed by atoms with Gasteiger partial charge in [0, 0.05) is 0 Å². The summed E-state index contributed by atoms with van der Waals surface area (Å²) >= 11 is 0. The van der Waals surface area contributed by atoms with E-state index < -0.39 is 17.3 Å². The van der Waals surface area contributed by atoms with Crippen molar-refractivity contribution in [3.05, 3.63) is 35.4 Å². The first-order valence-electron chi connectivity index (χ1n) is 6.51. The monoisotopic (exact) mass is 286 g/mol. The molecule has 6 heteroatoms. The minimum Gasteiger partial charge on any atom is -0.345 e. The van der Waals surface area contributed by atoms with Gasteiger partial charge in [0.05, 0.1) is 17.6 Å². The summed E-state index contributed by atoms with van der Waals surface area (Å²) < 4.78 is 38.3. The Balaban J connectivity index is 2.25. The van der Waals surface area contributed by atoms with Crippen LogP contribution in [0.3, 0.4) is 0 Å².